The molecule has 11 heteroatoms. The number of hydrazine groups is 1. The monoisotopic (exact) mass is 385 g/mol. The summed E-state index contributed by atoms with van der Waals surface area (Å²) in [7, 11) is 3.50. The molecule has 0 amide bonds. The smallest absolute Gasteiger partial charge is 0.291 e. The van der Waals surface area contributed by atoms with Crippen molar-refractivity contribution in [2.75, 3.05) is 7.05 Å². The van der Waals surface area contributed by atoms with E-state index in [1.807, 2.05) is 17.7 Å². The normalized spacial score (nSPS) is 12.3. The summed E-state index contributed by atoms with van der Waals surface area (Å²) in [5.41, 5.74) is 8.28. The van der Waals surface area contributed by atoms with Crippen molar-refractivity contribution >= 4 is 32.6 Å². The molecule has 0 saturated heterocycles. The number of aromatic amines is 1. The zero-order valence-corrected chi connectivity index (χ0v) is 15.7. The average molecular weight is 385 g/mol. The van der Waals surface area contributed by atoms with Crippen molar-refractivity contribution in [3.8, 4) is 0 Å². The molecule has 27 heavy (non-hydrogen) atoms. The molecule has 0 saturated carbocycles. The van der Waals surface area contributed by atoms with E-state index in [0.29, 0.717) is 17.6 Å². The number of allylic oxidation sites excluding steroid dienone is 1. The molecule has 0 aromatic carbocycles. The number of nitrogens with two attached hydrogens (primary N) is 2. The molecule has 4 heterocycles. The third-order valence-corrected chi connectivity index (χ3v) is 5.50. The van der Waals surface area contributed by atoms with Crippen LogP contribution in [0.2, 0.25) is 0 Å². The molecule has 4 aromatic rings. The number of fused-ring (bicyclic) bond motifs is 3. The maximum atomic E-state index is 12.9. The molecule has 5 N–H and O–H groups in total. The number of hydrogen-bond acceptors (Lipinski definition) is 8. The topological polar surface area (TPSA) is 137 Å². The van der Waals surface area contributed by atoms with Crippen LogP contribution >= 0.6 is 11.3 Å². The van der Waals surface area contributed by atoms with Crippen molar-refractivity contribution < 1.29 is 0 Å². The van der Waals surface area contributed by atoms with Crippen molar-refractivity contribution in [1.29, 1.82) is 0 Å². The molecule has 0 aliphatic heterocycles. The first-order chi connectivity index (χ1) is 13.0. The van der Waals surface area contributed by atoms with E-state index >= 15 is 0 Å². The number of aromatic nitrogens is 6. The molecule has 0 aliphatic carbocycles. The molecule has 0 aliphatic rings. The summed E-state index contributed by atoms with van der Waals surface area (Å²) in [6.07, 6.45) is 5.44. The summed E-state index contributed by atoms with van der Waals surface area (Å²) in [4.78, 5) is 17.6. The molecule has 0 spiro atoms. The Morgan fingerprint density at radius 1 is 1.48 bits per heavy atom. The van der Waals surface area contributed by atoms with Gasteiger partial charge in [0.1, 0.15) is 10.5 Å². The SMILES string of the molecule is CN(N)/C(=C\N)Cn1ncc2c3sc(Cc4ccn[nH]4)nc3n(C)c2c1=O. The molecule has 4 rings (SSSR count). The minimum Gasteiger partial charge on any atom is -0.403 e. The van der Waals surface area contributed by atoms with Crippen LogP contribution in [0.4, 0.5) is 0 Å². The van der Waals surface area contributed by atoms with Crippen molar-refractivity contribution in [1.82, 2.24) is 34.5 Å². The lowest BCUT2D eigenvalue weighted by Gasteiger charge is -2.16. The number of likely N-dealkylation sites (N-methyl/N-ethyl adjacent to an activating group) is 1. The van der Waals surface area contributed by atoms with Gasteiger partial charge in [-0.2, -0.15) is 10.2 Å². The highest BCUT2D eigenvalue weighted by atomic mass is 32.1. The molecule has 0 fully saturated rings. The predicted octanol–water partition coefficient (Wildman–Crippen LogP) is 0.264. The van der Waals surface area contributed by atoms with Crippen LogP contribution in [0, 0.1) is 0 Å². The van der Waals surface area contributed by atoms with Gasteiger partial charge in [-0.05, 0) is 6.07 Å². The summed E-state index contributed by atoms with van der Waals surface area (Å²) < 4.78 is 4.11. The highest BCUT2D eigenvalue weighted by Gasteiger charge is 2.19. The van der Waals surface area contributed by atoms with Gasteiger partial charge in [-0.1, -0.05) is 0 Å². The van der Waals surface area contributed by atoms with Crippen LogP contribution in [0.15, 0.2) is 35.2 Å². The number of nitrogens with zero attached hydrogens (tertiary/aromatic N) is 6. The van der Waals surface area contributed by atoms with Crippen molar-refractivity contribution in [3.05, 3.63) is 51.4 Å². The fraction of sp³-hybridized carbons (Fsp3) is 0.250. The van der Waals surface area contributed by atoms with E-state index in [1.165, 1.54) is 15.9 Å². The van der Waals surface area contributed by atoms with E-state index in [4.69, 9.17) is 16.6 Å². The van der Waals surface area contributed by atoms with Crippen LogP contribution in [0.25, 0.3) is 21.3 Å². The van der Waals surface area contributed by atoms with Gasteiger partial charge in [0.25, 0.3) is 5.56 Å². The second-order valence-electron chi connectivity index (χ2n) is 6.22. The second-order valence-corrected chi connectivity index (χ2v) is 7.30. The van der Waals surface area contributed by atoms with Crippen LogP contribution in [-0.4, -0.2) is 41.6 Å². The van der Waals surface area contributed by atoms with Gasteiger partial charge in [-0.25, -0.2) is 15.5 Å². The summed E-state index contributed by atoms with van der Waals surface area (Å²) in [6.45, 7) is 0.190. The fourth-order valence-corrected chi connectivity index (χ4v) is 4.13. The first kappa shape index (κ1) is 17.2. The highest BCUT2D eigenvalue weighted by molar-refractivity contribution is 7.19. The molecular formula is C16H19N9OS. The number of aryl methyl sites for hydroxylation is 1. The Labute approximate surface area is 157 Å². The van der Waals surface area contributed by atoms with E-state index in [9.17, 15) is 4.79 Å². The van der Waals surface area contributed by atoms with Gasteiger partial charge in [0, 0.05) is 44.0 Å². The number of rotatable bonds is 5. The van der Waals surface area contributed by atoms with Crippen LogP contribution < -0.4 is 17.1 Å². The van der Waals surface area contributed by atoms with Gasteiger partial charge < -0.3 is 15.3 Å². The Morgan fingerprint density at radius 2 is 2.30 bits per heavy atom. The van der Waals surface area contributed by atoms with Gasteiger partial charge in [0.05, 0.1) is 23.1 Å². The summed E-state index contributed by atoms with van der Waals surface area (Å²) in [6, 6.07) is 1.92. The van der Waals surface area contributed by atoms with Gasteiger partial charge >= 0.3 is 0 Å². The Balaban J connectivity index is 1.79. The number of H-pyrrole nitrogens is 1. The quantitative estimate of drug-likeness (QED) is 0.331. The third-order valence-electron chi connectivity index (χ3n) is 4.43. The minimum absolute atomic E-state index is 0.190. The van der Waals surface area contributed by atoms with Crippen molar-refractivity contribution in [2.24, 2.45) is 18.6 Å². The van der Waals surface area contributed by atoms with Gasteiger partial charge in [-0.15, -0.1) is 11.3 Å². The molecule has 140 valence electrons. The maximum absolute atomic E-state index is 12.9. The molecule has 0 unspecified atom stereocenters. The largest absolute Gasteiger partial charge is 0.403 e. The Bertz CT molecular complexity index is 1200. The van der Waals surface area contributed by atoms with E-state index in [2.05, 4.69) is 15.3 Å². The average Bonchev–Trinajstić information content (AvgIpc) is 3.34. The van der Waals surface area contributed by atoms with Crippen molar-refractivity contribution in [2.45, 2.75) is 13.0 Å². The molecular weight excluding hydrogens is 366 g/mol. The highest BCUT2D eigenvalue weighted by Crippen LogP contribution is 2.31. The lowest BCUT2D eigenvalue weighted by molar-refractivity contribution is 0.397. The first-order valence-corrected chi connectivity index (χ1v) is 9.02. The summed E-state index contributed by atoms with van der Waals surface area (Å²) >= 11 is 1.56. The number of nitrogens with one attached hydrogen (secondary N) is 1. The second kappa shape index (κ2) is 6.52. The minimum atomic E-state index is -0.212. The Morgan fingerprint density at radius 3 is 2.96 bits per heavy atom. The van der Waals surface area contributed by atoms with E-state index in [0.717, 1.165) is 26.4 Å². The first-order valence-electron chi connectivity index (χ1n) is 8.21. The van der Waals surface area contributed by atoms with E-state index < -0.39 is 0 Å². The molecule has 0 bridgehead atoms. The lowest BCUT2D eigenvalue weighted by Crippen LogP contribution is -2.33. The van der Waals surface area contributed by atoms with Crippen LogP contribution in [-0.2, 0) is 20.0 Å². The predicted molar refractivity (Wildman–Crippen MR) is 104 cm³/mol. The zero-order valence-electron chi connectivity index (χ0n) is 14.9. The third kappa shape index (κ3) is 2.86. The van der Waals surface area contributed by atoms with E-state index in [-0.39, 0.29) is 12.1 Å². The van der Waals surface area contributed by atoms with Gasteiger partial charge in [0.15, 0.2) is 5.65 Å². The fourth-order valence-electron chi connectivity index (χ4n) is 3.00. The standard InChI is InChI=1S/C16H19N9OS/c1-23-13-11(7-20-25(16(13)26)8-10(6-17)24(2)18)14-15(23)21-12(27-14)5-9-3-4-19-22-9/h3-4,6-7H,5,8,17-18H2,1-2H3,(H,19,22)/b10-6-. The number of thiazole rings is 1. The summed E-state index contributed by atoms with van der Waals surface area (Å²) in [5, 5.41) is 14.3. The molecule has 4 aromatic heterocycles. The Kier molecular flexibility index (Phi) is 4.16. The van der Waals surface area contributed by atoms with Gasteiger partial charge in [0.2, 0.25) is 0 Å². The molecule has 0 radical (unpaired) electrons. The van der Waals surface area contributed by atoms with Crippen LogP contribution in [0.3, 0.4) is 0 Å². The Hall–Kier alpha value is -3.18. The molecule has 10 nitrogen and oxygen atoms in total. The van der Waals surface area contributed by atoms with Crippen LogP contribution in [0.1, 0.15) is 10.7 Å². The zero-order chi connectivity index (χ0) is 19.1. The summed E-state index contributed by atoms with van der Waals surface area (Å²) in [5.74, 6) is 5.73. The maximum Gasteiger partial charge on any atom is 0.291 e. The molecule has 0 atom stereocenters. The van der Waals surface area contributed by atoms with Crippen molar-refractivity contribution in [3.63, 3.8) is 0 Å². The number of hydrogen-bond donors (Lipinski definition) is 3. The van der Waals surface area contributed by atoms with E-state index in [1.54, 1.807) is 30.8 Å². The van der Waals surface area contributed by atoms with Gasteiger partial charge in [-0.3, -0.25) is 9.89 Å². The van der Waals surface area contributed by atoms with Crippen LogP contribution in [0.5, 0.6) is 0 Å². The lowest BCUT2D eigenvalue weighted by atomic mass is 10.3.